The van der Waals surface area contributed by atoms with Crippen LogP contribution in [0, 0.1) is 0 Å². The molecule has 60 heavy (non-hydrogen) atoms. The highest BCUT2D eigenvalue weighted by Crippen LogP contribution is 2.50. The fourth-order valence-electron chi connectivity index (χ4n) is 10.4. The summed E-state index contributed by atoms with van der Waals surface area (Å²) in [6.07, 6.45) is 0. The van der Waals surface area contributed by atoms with Gasteiger partial charge in [0.1, 0.15) is 0 Å². The molecule has 3 nitrogen and oxygen atoms in total. The van der Waals surface area contributed by atoms with Crippen LogP contribution in [0.4, 0.5) is 0 Å². The van der Waals surface area contributed by atoms with Crippen molar-refractivity contribution in [3.05, 3.63) is 194 Å². The molecule has 0 radical (unpaired) electrons. The van der Waals surface area contributed by atoms with Crippen molar-refractivity contribution >= 4 is 99.4 Å². The topological polar surface area (TPSA) is 14.8 Å². The molecule has 0 atom stereocenters. The average Bonchev–Trinajstić information content (AvgIpc) is 3.94. The van der Waals surface area contributed by atoms with E-state index >= 15 is 0 Å². The molecular formula is C54H32BN3S2. The van der Waals surface area contributed by atoms with Crippen LogP contribution in [0.2, 0.25) is 0 Å². The molecule has 0 spiro atoms. The van der Waals surface area contributed by atoms with Gasteiger partial charge >= 0.3 is 5.27 Å². The van der Waals surface area contributed by atoms with Gasteiger partial charge in [-0.25, -0.2) is 0 Å². The molecule has 0 saturated heterocycles. The van der Waals surface area contributed by atoms with E-state index in [0.717, 1.165) is 11.4 Å². The second kappa shape index (κ2) is 12.3. The van der Waals surface area contributed by atoms with E-state index in [1.165, 1.54) is 109 Å². The van der Waals surface area contributed by atoms with Gasteiger partial charge in [0, 0.05) is 59.2 Å². The van der Waals surface area contributed by atoms with Gasteiger partial charge in [-0.1, -0.05) is 109 Å². The van der Waals surface area contributed by atoms with Crippen LogP contribution in [0.1, 0.15) is 0 Å². The minimum atomic E-state index is 0.301. The molecule has 0 unspecified atom stereocenters. The highest BCUT2D eigenvalue weighted by atomic mass is 32.2. The van der Waals surface area contributed by atoms with Crippen LogP contribution in [-0.4, -0.2) is 19.0 Å². The summed E-state index contributed by atoms with van der Waals surface area (Å²) >= 11 is 3.98. The first-order valence-corrected chi connectivity index (χ1v) is 22.3. The maximum atomic E-state index is 2.52. The maximum Gasteiger partial charge on any atom is 0.318 e. The van der Waals surface area contributed by atoms with E-state index in [1.54, 1.807) is 0 Å². The quantitative estimate of drug-likeness (QED) is 0.165. The molecule has 2 aliphatic rings. The van der Waals surface area contributed by atoms with Gasteiger partial charge in [0.25, 0.3) is 0 Å². The highest BCUT2D eigenvalue weighted by molar-refractivity contribution is 8.56. The van der Waals surface area contributed by atoms with Crippen LogP contribution >= 0.6 is 23.2 Å². The summed E-state index contributed by atoms with van der Waals surface area (Å²) in [7, 11) is 0. The van der Waals surface area contributed by atoms with Gasteiger partial charge in [-0.2, -0.15) is 23.2 Å². The first-order chi connectivity index (χ1) is 29.8. The molecule has 278 valence electrons. The third-order valence-corrected chi connectivity index (χ3v) is 15.6. The average molecular weight is 798 g/mol. The van der Waals surface area contributed by atoms with Crippen LogP contribution in [0.3, 0.4) is 0 Å². The lowest BCUT2D eigenvalue weighted by Crippen LogP contribution is -2.33. The van der Waals surface area contributed by atoms with E-state index in [1.807, 2.05) is 23.2 Å². The zero-order valence-electron chi connectivity index (χ0n) is 32.2. The van der Waals surface area contributed by atoms with Gasteiger partial charge < -0.3 is 13.7 Å². The molecule has 5 heterocycles. The Morgan fingerprint density at radius 1 is 0.283 bits per heavy atom. The van der Waals surface area contributed by atoms with Crippen LogP contribution < -0.4 is 5.46 Å². The Labute approximate surface area is 354 Å². The zero-order chi connectivity index (χ0) is 39.1. The fourth-order valence-corrected chi connectivity index (χ4v) is 13.3. The lowest BCUT2D eigenvalue weighted by atomic mass is 9.77. The highest BCUT2D eigenvalue weighted by Gasteiger charge is 2.37. The molecule has 0 amide bonds. The molecule has 9 aromatic carbocycles. The molecular weight excluding hydrogens is 766 g/mol. The van der Waals surface area contributed by atoms with E-state index < -0.39 is 0 Å². The van der Waals surface area contributed by atoms with Crippen LogP contribution in [0.15, 0.2) is 204 Å². The molecule has 0 saturated carbocycles. The van der Waals surface area contributed by atoms with Gasteiger partial charge in [-0.3, -0.25) is 0 Å². The summed E-state index contributed by atoms with van der Waals surface area (Å²) in [5.41, 5.74) is 17.5. The third kappa shape index (κ3) is 4.50. The molecule has 0 fully saturated rings. The van der Waals surface area contributed by atoms with Crippen molar-refractivity contribution in [2.24, 2.45) is 0 Å². The van der Waals surface area contributed by atoms with Gasteiger partial charge in [0.15, 0.2) is 0 Å². The summed E-state index contributed by atoms with van der Waals surface area (Å²) in [6.45, 7) is 0. The van der Waals surface area contributed by atoms with Crippen LogP contribution in [-0.2, 0) is 0 Å². The van der Waals surface area contributed by atoms with E-state index in [9.17, 15) is 0 Å². The molecule has 0 aliphatic carbocycles. The van der Waals surface area contributed by atoms with E-state index in [4.69, 9.17) is 0 Å². The monoisotopic (exact) mass is 797 g/mol. The Bertz CT molecular complexity index is 3470. The smallest absolute Gasteiger partial charge is 0.309 e. The minimum Gasteiger partial charge on any atom is -0.309 e. The number of fused-ring (bicyclic) bond motifs is 13. The number of nitrogens with zero attached hydrogens (tertiary/aromatic N) is 3. The molecule has 0 N–H and O–H groups in total. The molecule has 12 aromatic rings. The maximum absolute atomic E-state index is 2.52. The Balaban J connectivity index is 1.09. The Morgan fingerprint density at radius 2 is 0.633 bits per heavy atom. The molecule has 3 aromatic heterocycles. The van der Waals surface area contributed by atoms with Crippen molar-refractivity contribution < 1.29 is 0 Å². The van der Waals surface area contributed by atoms with Crippen LogP contribution in [0.5, 0.6) is 0 Å². The normalized spacial score (nSPS) is 13.2. The summed E-state index contributed by atoms with van der Waals surface area (Å²) in [5, 5.41) is 7.82. The first kappa shape index (κ1) is 33.0. The molecule has 2 aliphatic heterocycles. The standard InChI is InChI=1S/C54H32BN3S2/c1-7-19-46-36(13-1)37-14-2-8-20-47(37)56(46)33-25-27-50-42(29-33)43-30-34(57-48-21-9-3-15-38(48)39-16-4-10-22-49(39)57)26-28-51(43)58(50)35-31-44-40-17-5-11-23-52(40)59-55-54(44)45(32-35)41-18-6-12-24-53(41)60-55/h1-32H. The summed E-state index contributed by atoms with van der Waals surface area (Å²) in [4.78, 5) is 2.69. The van der Waals surface area contributed by atoms with E-state index in [0.29, 0.717) is 5.27 Å². The van der Waals surface area contributed by atoms with Crippen LogP contribution in [0.25, 0.3) is 105 Å². The summed E-state index contributed by atoms with van der Waals surface area (Å²) in [6, 6.07) is 72.3. The second-order valence-corrected chi connectivity index (χ2v) is 18.6. The van der Waals surface area contributed by atoms with Crippen molar-refractivity contribution in [1.82, 2.24) is 13.7 Å². The lowest BCUT2D eigenvalue weighted by molar-refractivity contribution is 1.16. The summed E-state index contributed by atoms with van der Waals surface area (Å²) in [5.74, 6) is 0. The number of benzene rings is 9. The van der Waals surface area contributed by atoms with Gasteiger partial charge in [0.05, 0.1) is 33.1 Å². The molecule has 6 heteroatoms. The number of aromatic nitrogens is 3. The Hall–Kier alpha value is -6.86. The minimum absolute atomic E-state index is 0.301. The van der Waals surface area contributed by atoms with Crippen molar-refractivity contribution in [3.8, 4) is 39.3 Å². The van der Waals surface area contributed by atoms with Gasteiger partial charge in [0.2, 0.25) is 0 Å². The number of hydrogen-bond acceptors (Lipinski definition) is 2. The molecule has 14 rings (SSSR count). The van der Waals surface area contributed by atoms with E-state index in [2.05, 4.69) is 208 Å². The van der Waals surface area contributed by atoms with Gasteiger partial charge in [-0.15, -0.1) is 0 Å². The third-order valence-electron chi connectivity index (χ3n) is 12.9. The summed E-state index contributed by atoms with van der Waals surface area (Å²) < 4.78 is 7.41. The Kier molecular flexibility index (Phi) is 6.79. The van der Waals surface area contributed by atoms with Crippen molar-refractivity contribution in [1.29, 1.82) is 0 Å². The Morgan fingerprint density at radius 3 is 1.07 bits per heavy atom. The van der Waals surface area contributed by atoms with Crippen molar-refractivity contribution in [2.45, 2.75) is 9.79 Å². The SMILES string of the molecule is c1ccc2c(c1)SB1Sc3ccccc3-c3cc(-n4c5ccc(-n6c7ccccc7c7ccccc76)cc5c5cc(-n6c7ccccc7c7ccccc76)ccc54)cc-2c31. The predicted molar refractivity (Wildman–Crippen MR) is 257 cm³/mol. The number of rotatable bonds is 3. The number of para-hydroxylation sites is 4. The van der Waals surface area contributed by atoms with Crippen molar-refractivity contribution in [2.75, 3.05) is 0 Å². The van der Waals surface area contributed by atoms with Gasteiger partial charge in [-0.05, 0) is 113 Å². The van der Waals surface area contributed by atoms with Crippen molar-refractivity contribution in [3.63, 3.8) is 0 Å². The number of hydrogen-bond donors (Lipinski definition) is 0. The first-order valence-electron chi connectivity index (χ1n) is 20.5. The zero-order valence-corrected chi connectivity index (χ0v) is 33.8. The van der Waals surface area contributed by atoms with E-state index in [-0.39, 0.29) is 0 Å². The second-order valence-electron chi connectivity index (χ2n) is 16.0. The largest absolute Gasteiger partial charge is 0.318 e. The molecule has 0 bridgehead atoms. The predicted octanol–water partition coefficient (Wildman–Crippen LogP) is 14.2. The lowest BCUT2D eigenvalue weighted by Gasteiger charge is -2.32. The fraction of sp³-hybridized carbons (Fsp3) is 0.